The van der Waals surface area contributed by atoms with E-state index in [1.165, 1.54) is 12.7 Å². The molecule has 1 heterocycles. The molecule has 0 bridgehead atoms. The van der Waals surface area contributed by atoms with Gasteiger partial charge < -0.3 is 9.30 Å². The molecule has 114 valence electrons. The molecule has 0 radical (unpaired) electrons. The van der Waals surface area contributed by atoms with Gasteiger partial charge in [0.1, 0.15) is 0 Å². The van der Waals surface area contributed by atoms with Crippen LogP contribution in [0.1, 0.15) is 31.1 Å². The van der Waals surface area contributed by atoms with E-state index in [2.05, 4.69) is 38.5 Å². The van der Waals surface area contributed by atoms with Gasteiger partial charge in [-0.1, -0.05) is 39.0 Å². The number of aromatic nitrogens is 1. The molecular formula is C17H25BLiNO2. The van der Waals surface area contributed by atoms with Crippen molar-refractivity contribution in [2.75, 3.05) is 7.11 Å². The Morgan fingerprint density at radius 2 is 1.68 bits per heavy atom. The molecule has 1 aromatic heterocycles. The predicted octanol–water partition coefficient (Wildman–Crippen LogP) is 0.684. The van der Waals surface area contributed by atoms with Crippen LogP contribution in [0.2, 0.25) is 19.0 Å². The number of hydrogen-bond acceptors (Lipinski definition) is 2. The summed E-state index contributed by atoms with van der Waals surface area (Å²) in [5, 5.41) is 1.00. The first-order valence-electron chi connectivity index (χ1n) is 7.92. The van der Waals surface area contributed by atoms with Crippen molar-refractivity contribution in [1.29, 1.82) is 0 Å². The van der Waals surface area contributed by atoms with E-state index in [9.17, 15) is 4.79 Å². The Morgan fingerprint density at radius 3 is 2.18 bits per heavy atom. The zero-order valence-corrected chi connectivity index (χ0v) is 14.8. The molecule has 0 fully saturated rings. The number of carbonyl (C=O) groups is 1. The van der Waals surface area contributed by atoms with E-state index in [0.717, 1.165) is 35.4 Å². The summed E-state index contributed by atoms with van der Waals surface area (Å²) in [5.74, 6) is -0.219. The van der Waals surface area contributed by atoms with E-state index in [4.69, 9.17) is 4.74 Å². The monoisotopic (exact) mass is 293 g/mol. The Morgan fingerprint density at radius 1 is 1.14 bits per heavy atom. The number of rotatable bonds is 5. The molecule has 0 N–H and O–H groups in total. The fraction of sp³-hybridized carbons (Fsp3) is 0.471. The average molecular weight is 293 g/mol. The van der Waals surface area contributed by atoms with E-state index < -0.39 is 6.15 Å². The number of esters is 1. The van der Waals surface area contributed by atoms with Crippen molar-refractivity contribution in [2.24, 2.45) is 7.05 Å². The fourth-order valence-corrected chi connectivity index (χ4v) is 3.89. The molecule has 0 aliphatic heterocycles. The van der Waals surface area contributed by atoms with Crippen LogP contribution in [0, 0.1) is 0 Å². The van der Waals surface area contributed by atoms with Crippen molar-refractivity contribution in [3.8, 4) is 0 Å². The second-order valence-electron chi connectivity index (χ2n) is 6.03. The van der Waals surface area contributed by atoms with Gasteiger partial charge in [0, 0.05) is 29.7 Å². The van der Waals surface area contributed by atoms with Crippen LogP contribution in [0.3, 0.4) is 0 Å². The second kappa shape index (κ2) is 7.44. The number of hydrogen-bond donors (Lipinski definition) is 0. The molecule has 3 nitrogen and oxygen atoms in total. The summed E-state index contributed by atoms with van der Waals surface area (Å²) in [6.07, 6.45) is 2.46. The Labute approximate surface area is 145 Å². The first kappa shape index (κ1) is 18.9. The molecule has 0 unspecified atom stereocenters. The SMILES string of the molecule is CC[B-](CC)(CC)c1c(C(=O)OC)c2ccccc2n1C.[Li+]. The van der Waals surface area contributed by atoms with Gasteiger partial charge in [-0.3, -0.25) is 0 Å². The summed E-state index contributed by atoms with van der Waals surface area (Å²) in [5.41, 5.74) is 3.05. The molecule has 0 saturated heterocycles. The van der Waals surface area contributed by atoms with Gasteiger partial charge in [-0.25, -0.2) is 4.79 Å². The molecule has 0 saturated carbocycles. The molecule has 2 rings (SSSR count). The number of aryl methyl sites for hydroxylation is 1. The largest absolute Gasteiger partial charge is 1.00 e. The number of methoxy groups -OCH3 is 1. The average Bonchev–Trinajstić information content (AvgIpc) is 2.83. The maximum absolute atomic E-state index is 12.4. The summed E-state index contributed by atoms with van der Waals surface area (Å²) in [7, 11) is 3.54. The van der Waals surface area contributed by atoms with Crippen molar-refractivity contribution < 1.29 is 28.4 Å². The molecule has 0 spiro atoms. The van der Waals surface area contributed by atoms with Crippen molar-refractivity contribution >= 4 is 28.6 Å². The van der Waals surface area contributed by atoms with E-state index in [1.54, 1.807) is 0 Å². The molecule has 22 heavy (non-hydrogen) atoms. The van der Waals surface area contributed by atoms with Crippen LogP contribution in [-0.2, 0) is 11.8 Å². The number of para-hydroxylation sites is 1. The van der Waals surface area contributed by atoms with Gasteiger partial charge in [0.15, 0.2) is 0 Å². The van der Waals surface area contributed by atoms with Gasteiger partial charge >= 0.3 is 24.8 Å². The van der Waals surface area contributed by atoms with Crippen LogP contribution >= 0.6 is 0 Å². The van der Waals surface area contributed by atoms with Crippen molar-refractivity contribution in [3.05, 3.63) is 29.8 Å². The van der Waals surface area contributed by atoms with E-state index >= 15 is 0 Å². The van der Waals surface area contributed by atoms with Gasteiger partial charge in [0.05, 0.1) is 7.11 Å². The molecule has 0 aliphatic rings. The molecule has 5 heteroatoms. The van der Waals surface area contributed by atoms with Crippen LogP contribution in [0.15, 0.2) is 24.3 Å². The third kappa shape index (κ3) is 2.75. The maximum Gasteiger partial charge on any atom is 1.00 e. The summed E-state index contributed by atoms with van der Waals surface area (Å²) in [6.45, 7) is 6.68. The quantitative estimate of drug-likeness (QED) is 0.600. The third-order valence-electron chi connectivity index (χ3n) is 5.47. The topological polar surface area (TPSA) is 31.2 Å². The third-order valence-corrected chi connectivity index (χ3v) is 5.47. The van der Waals surface area contributed by atoms with Crippen molar-refractivity contribution in [3.63, 3.8) is 0 Å². The smallest absolute Gasteiger partial charge is 0.465 e. The zero-order chi connectivity index (χ0) is 15.6. The minimum absolute atomic E-state index is 0. The molecule has 0 atom stereocenters. The molecule has 1 aromatic carbocycles. The standard InChI is InChI=1S/C17H25BNO2.Li/c1-6-18(7-2,8-3)16-15(17(20)21-5)13-11-9-10-12-14(13)19(16)4;/h9-12H,6-8H2,1-5H3;/q-1;+1. The van der Waals surface area contributed by atoms with Crippen LogP contribution in [0.25, 0.3) is 10.9 Å². The van der Waals surface area contributed by atoms with Gasteiger partial charge in [0.2, 0.25) is 0 Å². The number of carbonyl (C=O) groups excluding carboxylic acids is 1. The summed E-state index contributed by atoms with van der Waals surface area (Å²) in [6, 6.07) is 8.10. The fourth-order valence-electron chi connectivity index (χ4n) is 3.89. The number of fused-ring (bicyclic) bond motifs is 1. The van der Waals surface area contributed by atoms with E-state index in [-0.39, 0.29) is 24.8 Å². The molecule has 2 aromatic rings. The van der Waals surface area contributed by atoms with Crippen LogP contribution < -0.4 is 24.5 Å². The second-order valence-corrected chi connectivity index (χ2v) is 6.03. The number of nitrogens with zero attached hydrogens (tertiary/aromatic N) is 1. The Hall–Kier alpha value is -1.11. The first-order valence-corrected chi connectivity index (χ1v) is 7.92. The Kier molecular flexibility index (Phi) is 6.40. The summed E-state index contributed by atoms with van der Waals surface area (Å²) >= 11 is 0. The molecular weight excluding hydrogens is 268 g/mol. The van der Waals surface area contributed by atoms with Gasteiger partial charge in [0.25, 0.3) is 0 Å². The van der Waals surface area contributed by atoms with Gasteiger partial charge in [-0.2, -0.15) is 19.0 Å². The first-order chi connectivity index (χ1) is 10.1. The van der Waals surface area contributed by atoms with Crippen LogP contribution in [0.5, 0.6) is 0 Å². The van der Waals surface area contributed by atoms with Crippen molar-refractivity contribution in [2.45, 2.75) is 39.7 Å². The maximum atomic E-state index is 12.4. The Balaban J connectivity index is 0.00000242. The van der Waals surface area contributed by atoms with Gasteiger partial charge in [-0.05, 0) is 6.07 Å². The normalized spacial score (nSPS) is 11.3. The summed E-state index contributed by atoms with van der Waals surface area (Å²) < 4.78 is 7.29. The number of benzene rings is 1. The Bertz CT molecular complexity index is 654. The summed E-state index contributed by atoms with van der Waals surface area (Å²) in [4.78, 5) is 12.4. The van der Waals surface area contributed by atoms with E-state index in [0.29, 0.717) is 0 Å². The molecule has 0 amide bonds. The number of ether oxygens (including phenoxy) is 1. The van der Waals surface area contributed by atoms with E-state index in [1.807, 2.05) is 18.2 Å². The predicted molar refractivity (Wildman–Crippen MR) is 91.1 cm³/mol. The van der Waals surface area contributed by atoms with Crippen LogP contribution in [-0.4, -0.2) is 23.8 Å². The molecule has 0 aliphatic carbocycles. The zero-order valence-electron chi connectivity index (χ0n) is 14.8. The van der Waals surface area contributed by atoms with Gasteiger partial charge in [-0.15, -0.1) is 5.59 Å². The minimum atomic E-state index is -0.751. The van der Waals surface area contributed by atoms with Crippen LogP contribution in [0.4, 0.5) is 0 Å². The minimum Gasteiger partial charge on any atom is -0.465 e. The van der Waals surface area contributed by atoms with Crippen molar-refractivity contribution in [1.82, 2.24) is 4.57 Å².